The molecule has 0 bridgehead atoms. The number of methoxy groups -OCH3 is 2. The van der Waals surface area contributed by atoms with E-state index in [9.17, 15) is 9.18 Å². The minimum atomic E-state index is -0.924. The first-order chi connectivity index (χ1) is 13.0. The van der Waals surface area contributed by atoms with Gasteiger partial charge < -0.3 is 24.3 Å². The molecule has 0 radical (unpaired) electrons. The molecule has 1 N–H and O–H groups in total. The third kappa shape index (κ3) is 4.04. The van der Waals surface area contributed by atoms with Crippen molar-refractivity contribution in [1.29, 1.82) is 0 Å². The molecular formula is C20H22FNO5. The Hall–Kier alpha value is -2.64. The monoisotopic (exact) mass is 375 g/mol. The van der Waals surface area contributed by atoms with Crippen LogP contribution < -0.4 is 14.8 Å². The van der Waals surface area contributed by atoms with E-state index in [4.69, 9.17) is 18.9 Å². The Morgan fingerprint density at radius 3 is 2.48 bits per heavy atom. The molecule has 6 nitrogen and oxygen atoms in total. The number of carbonyl (C=O) groups excluding carboxylic acids is 1. The van der Waals surface area contributed by atoms with Gasteiger partial charge in [0.15, 0.2) is 6.29 Å². The van der Waals surface area contributed by atoms with E-state index in [1.807, 2.05) is 0 Å². The molecule has 2 aromatic carbocycles. The lowest BCUT2D eigenvalue weighted by Gasteiger charge is -2.36. The maximum absolute atomic E-state index is 13.9. The zero-order valence-electron chi connectivity index (χ0n) is 15.5. The molecule has 1 heterocycles. The Bertz CT molecular complexity index is 818. The van der Waals surface area contributed by atoms with Gasteiger partial charge in [-0.1, -0.05) is 18.2 Å². The Balaban J connectivity index is 1.68. The summed E-state index contributed by atoms with van der Waals surface area (Å²) in [5, 5.41) is 2.84. The van der Waals surface area contributed by atoms with Crippen molar-refractivity contribution in [2.75, 3.05) is 32.8 Å². The molecule has 0 atom stereocenters. The highest BCUT2D eigenvalue weighted by atomic mass is 19.1. The molecule has 1 amide bonds. The molecule has 2 aromatic rings. The average molecular weight is 375 g/mol. The molecule has 3 rings (SSSR count). The van der Waals surface area contributed by atoms with Crippen LogP contribution in [0, 0.1) is 11.2 Å². The van der Waals surface area contributed by atoms with Gasteiger partial charge in [0, 0.05) is 11.6 Å². The Morgan fingerprint density at radius 2 is 1.85 bits per heavy atom. The van der Waals surface area contributed by atoms with Crippen LogP contribution in [0.2, 0.25) is 0 Å². The SMILES string of the molecule is COc1ccc(NC(=O)C2(C)COC(c3ccccc3F)OC2)c(OC)c1. The van der Waals surface area contributed by atoms with E-state index in [0.717, 1.165) is 0 Å². The summed E-state index contributed by atoms with van der Waals surface area (Å²) in [5.41, 5.74) is -0.0929. The van der Waals surface area contributed by atoms with Gasteiger partial charge in [0.2, 0.25) is 5.91 Å². The van der Waals surface area contributed by atoms with Crippen LogP contribution in [-0.2, 0) is 14.3 Å². The van der Waals surface area contributed by atoms with Crippen LogP contribution in [0.5, 0.6) is 11.5 Å². The van der Waals surface area contributed by atoms with E-state index < -0.39 is 17.5 Å². The molecule has 0 aromatic heterocycles. The molecule has 144 valence electrons. The standard InChI is InChI=1S/C20H22FNO5/c1-20(11-26-18(27-12-20)14-6-4-5-7-15(14)21)19(23)22-16-9-8-13(24-2)10-17(16)25-3/h4-10,18H,11-12H2,1-3H3,(H,22,23). The predicted octanol–water partition coefficient (Wildman–Crippen LogP) is 3.53. The van der Waals surface area contributed by atoms with Crippen LogP contribution in [-0.4, -0.2) is 33.3 Å². The van der Waals surface area contributed by atoms with Crippen LogP contribution in [0.15, 0.2) is 42.5 Å². The van der Waals surface area contributed by atoms with Crippen molar-refractivity contribution in [3.8, 4) is 11.5 Å². The fourth-order valence-electron chi connectivity index (χ4n) is 2.76. The molecule has 27 heavy (non-hydrogen) atoms. The first-order valence-electron chi connectivity index (χ1n) is 8.48. The number of anilines is 1. The number of carbonyl (C=O) groups is 1. The van der Waals surface area contributed by atoms with Crippen LogP contribution in [0.4, 0.5) is 10.1 Å². The molecule has 7 heteroatoms. The highest BCUT2D eigenvalue weighted by molar-refractivity contribution is 5.96. The maximum atomic E-state index is 13.9. The highest BCUT2D eigenvalue weighted by Crippen LogP contribution is 2.35. The second kappa shape index (κ2) is 7.94. The normalized spacial score (nSPS) is 22.1. The van der Waals surface area contributed by atoms with Gasteiger partial charge in [-0.3, -0.25) is 4.79 Å². The molecule has 1 aliphatic heterocycles. The summed E-state index contributed by atoms with van der Waals surface area (Å²) in [6.45, 7) is 1.92. The molecular weight excluding hydrogens is 353 g/mol. The highest BCUT2D eigenvalue weighted by Gasteiger charge is 2.40. The Kier molecular flexibility index (Phi) is 5.62. The van der Waals surface area contributed by atoms with Gasteiger partial charge in [0.1, 0.15) is 17.3 Å². The predicted molar refractivity (Wildman–Crippen MR) is 97.3 cm³/mol. The summed E-state index contributed by atoms with van der Waals surface area (Å²) in [4.78, 5) is 12.8. The van der Waals surface area contributed by atoms with Gasteiger partial charge in [-0.15, -0.1) is 0 Å². The van der Waals surface area contributed by atoms with Crippen LogP contribution in [0.3, 0.4) is 0 Å². The van der Waals surface area contributed by atoms with Crippen LogP contribution >= 0.6 is 0 Å². The van der Waals surface area contributed by atoms with Crippen molar-refractivity contribution in [1.82, 2.24) is 0 Å². The zero-order valence-corrected chi connectivity index (χ0v) is 15.5. The van der Waals surface area contributed by atoms with E-state index in [0.29, 0.717) is 22.7 Å². The lowest BCUT2D eigenvalue weighted by Crippen LogP contribution is -2.45. The molecule has 1 fully saturated rings. The molecule has 0 aliphatic carbocycles. The summed E-state index contributed by atoms with van der Waals surface area (Å²) < 4.78 is 35.6. The first-order valence-corrected chi connectivity index (χ1v) is 8.48. The van der Waals surface area contributed by atoms with E-state index >= 15 is 0 Å². The minimum absolute atomic E-state index is 0.0936. The third-order valence-electron chi connectivity index (χ3n) is 4.47. The number of hydrogen-bond acceptors (Lipinski definition) is 5. The van der Waals surface area contributed by atoms with E-state index in [1.54, 1.807) is 50.4 Å². The van der Waals surface area contributed by atoms with Gasteiger partial charge in [-0.2, -0.15) is 0 Å². The maximum Gasteiger partial charge on any atom is 0.235 e. The smallest absolute Gasteiger partial charge is 0.235 e. The topological polar surface area (TPSA) is 66.0 Å². The number of rotatable bonds is 5. The van der Waals surface area contributed by atoms with E-state index in [-0.39, 0.29) is 19.1 Å². The summed E-state index contributed by atoms with van der Waals surface area (Å²) in [6.07, 6.45) is -0.831. The second-order valence-corrected chi connectivity index (χ2v) is 6.56. The van der Waals surface area contributed by atoms with Gasteiger partial charge in [0.05, 0.1) is 38.5 Å². The number of benzene rings is 2. The van der Waals surface area contributed by atoms with E-state index in [1.165, 1.54) is 13.2 Å². The van der Waals surface area contributed by atoms with Crippen molar-refractivity contribution in [3.63, 3.8) is 0 Å². The van der Waals surface area contributed by atoms with E-state index in [2.05, 4.69) is 5.32 Å². The van der Waals surface area contributed by atoms with Gasteiger partial charge in [-0.25, -0.2) is 4.39 Å². The number of amides is 1. The van der Waals surface area contributed by atoms with Crippen LogP contribution in [0.1, 0.15) is 18.8 Å². The molecule has 0 unspecified atom stereocenters. The average Bonchev–Trinajstić information content (AvgIpc) is 2.69. The molecule has 0 spiro atoms. The summed E-state index contributed by atoms with van der Waals surface area (Å²) >= 11 is 0. The lowest BCUT2D eigenvalue weighted by atomic mass is 9.90. The summed E-state index contributed by atoms with van der Waals surface area (Å²) in [6, 6.07) is 11.4. The minimum Gasteiger partial charge on any atom is -0.497 e. The Morgan fingerprint density at radius 1 is 1.15 bits per heavy atom. The van der Waals surface area contributed by atoms with Crippen molar-refractivity contribution >= 4 is 11.6 Å². The number of hydrogen-bond donors (Lipinski definition) is 1. The van der Waals surface area contributed by atoms with Crippen molar-refractivity contribution < 1.29 is 28.1 Å². The number of halogens is 1. The summed E-state index contributed by atoms with van der Waals surface area (Å²) in [7, 11) is 3.06. The Labute approximate surface area is 157 Å². The number of nitrogens with one attached hydrogen (secondary N) is 1. The first kappa shape index (κ1) is 19.1. The molecule has 0 saturated carbocycles. The summed E-state index contributed by atoms with van der Waals surface area (Å²) in [5.74, 6) is 0.415. The molecule has 1 aliphatic rings. The third-order valence-corrected chi connectivity index (χ3v) is 4.47. The fraction of sp³-hybridized carbons (Fsp3) is 0.350. The van der Waals surface area contributed by atoms with Crippen LogP contribution in [0.25, 0.3) is 0 Å². The van der Waals surface area contributed by atoms with Gasteiger partial charge in [0.25, 0.3) is 0 Å². The quantitative estimate of drug-likeness (QED) is 0.866. The van der Waals surface area contributed by atoms with Gasteiger partial charge in [-0.05, 0) is 25.1 Å². The van der Waals surface area contributed by atoms with Gasteiger partial charge >= 0.3 is 0 Å². The lowest BCUT2D eigenvalue weighted by molar-refractivity contribution is -0.227. The van der Waals surface area contributed by atoms with Crippen molar-refractivity contribution in [3.05, 3.63) is 53.8 Å². The van der Waals surface area contributed by atoms with Crippen molar-refractivity contribution in [2.24, 2.45) is 5.41 Å². The van der Waals surface area contributed by atoms with Crippen molar-refractivity contribution in [2.45, 2.75) is 13.2 Å². The molecule has 1 saturated heterocycles. The zero-order chi connectivity index (χ0) is 19.4. The largest absolute Gasteiger partial charge is 0.497 e. The fourth-order valence-corrected chi connectivity index (χ4v) is 2.76. The number of ether oxygens (including phenoxy) is 4. The second-order valence-electron chi connectivity index (χ2n) is 6.56.